The van der Waals surface area contributed by atoms with E-state index in [0.29, 0.717) is 0 Å². The van der Waals surface area contributed by atoms with Gasteiger partial charge in [0.05, 0.1) is 15.6 Å². The van der Waals surface area contributed by atoms with E-state index in [1.54, 1.807) is 23.1 Å². The quantitative estimate of drug-likeness (QED) is 0.770. The van der Waals surface area contributed by atoms with Crippen LogP contribution in [0, 0.1) is 0 Å². The minimum Gasteiger partial charge on any atom is -0.452 e. The summed E-state index contributed by atoms with van der Waals surface area (Å²) in [5, 5.41) is 0.389. The summed E-state index contributed by atoms with van der Waals surface area (Å²) in [6.07, 6.45) is 0.784. The third-order valence-corrected chi connectivity index (χ3v) is 4.60. The molecule has 124 valence electrons. The van der Waals surface area contributed by atoms with E-state index in [4.69, 9.17) is 27.9 Å². The molecule has 0 spiro atoms. The van der Waals surface area contributed by atoms with Crippen LogP contribution in [-0.4, -0.2) is 24.5 Å². The molecule has 1 aliphatic heterocycles. The van der Waals surface area contributed by atoms with Crippen molar-refractivity contribution in [1.82, 2.24) is 0 Å². The lowest BCUT2D eigenvalue weighted by Crippen LogP contribution is -2.38. The second kappa shape index (κ2) is 6.83. The number of rotatable bonds is 3. The molecule has 1 atom stereocenters. The molecule has 2 aromatic carbocycles. The van der Waals surface area contributed by atoms with Gasteiger partial charge in [-0.2, -0.15) is 0 Å². The number of halogens is 2. The number of amides is 1. The lowest BCUT2D eigenvalue weighted by molar-refractivity contribution is -0.122. The number of fused-ring (bicyclic) bond motifs is 1. The number of carbonyl (C=O) groups excluding carboxylic acids is 2. The molecule has 0 bridgehead atoms. The van der Waals surface area contributed by atoms with E-state index in [0.717, 1.165) is 17.7 Å². The number of nitrogens with zero attached hydrogens (tertiary/aromatic N) is 1. The second-order valence-electron chi connectivity index (χ2n) is 5.62. The number of para-hydroxylation sites is 1. The summed E-state index contributed by atoms with van der Waals surface area (Å²) in [6.45, 7) is 1.60. The molecule has 0 unspecified atom stereocenters. The predicted molar refractivity (Wildman–Crippen MR) is 93.8 cm³/mol. The molecule has 3 rings (SSSR count). The van der Waals surface area contributed by atoms with Crippen LogP contribution in [0.5, 0.6) is 0 Å². The van der Waals surface area contributed by atoms with E-state index >= 15 is 0 Å². The monoisotopic (exact) mass is 363 g/mol. The van der Waals surface area contributed by atoms with Crippen molar-refractivity contribution in [3.8, 4) is 0 Å². The Bertz CT molecular complexity index is 786. The standard InChI is InChI=1S/C18H15Cl2NO3/c1-11-9-12-5-2-3-8-15(12)21(11)16(22)10-24-18(23)17-13(19)6-4-7-14(17)20/h2-8,11H,9-10H2,1H3/t11-/m0/s1. The topological polar surface area (TPSA) is 46.6 Å². The number of hydrogen-bond donors (Lipinski definition) is 0. The lowest BCUT2D eigenvalue weighted by Gasteiger charge is -2.22. The summed E-state index contributed by atoms with van der Waals surface area (Å²) in [5.74, 6) is -0.983. The van der Waals surface area contributed by atoms with Crippen molar-refractivity contribution in [2.75, 3.05) is 11.5 Å². The van der Waals surface area contributed by atoms with Gasteiger partial charge in [0.2, 0.25) is 0 Å². The van der Waals surface area contributed by atoms with E-state index < -0.39 is 5.97 Å². The van der Waals surface area contributed by atoms with Crippen molar-refractivity contribution < 1.29 is 14.3 Å². The molecule has 24 heavy (non-hydrogen) atoms. The summed E-state index contributed by atoms with van der Waals surface area (Å²) in [6, 6.07) is 12.5. The molecule has 0 saturated carbocycles. The van der Waals surface area contributed by atoms with Crippen LogP contribution < -0.4 is 4.90 Å². The predicted octanol–water partition coefficient (Wildman–Crippen LogP) is 4.13. The first kappa shape index (κ1) is 16.8. The molecule has 1 amide bonds. The van der Waals surface area contributed by atoms with Crippen LogP contribution in [0.2, 0.25) is 10.0 Å². The molecule has 0 radical (unpaired) electrons. The molecular weight excluding hydrogens is 349 g/mol. The van der Waals surface area contributed by atoms with Gasteiger partial charge in [0, 0.05) is 11.7 Å². The Balaban J connectivity index is 1.71. The van der Waals surface area contributed by atoms with Crippen molar-refractivity contribution in [2.45, 2.75) is 19.4 Å². The maximum atomic E-state index is 12.5. The summed E-state index contributed by atoms with van der Waals surface area (Å²) in [7, 11) is 0. The summed E-state index contributed by atoms with van der Waals surface area (Å²) >= 11 is 12.0. The van der Waals surface area contributed by atoms with Crippen molar-refractivity contribution in [3.63, 3.8) is 0 Å². The summed E-state index contributed by atoms with van der Waals surface area (Å²) in [4.78, 5) is 26.3. The first-order valence-corrected chi connectivity index (χ1v) is 8.25. The highest BCUT2D eigenvalue weighted by atomic mass is 35.5. The Hall–Kier alpha value is -2.04. The number of hydrogen-bond acceptors (Lipinski definition) is 3. The zero-order chi connectivity index (χ0) is 17.3. The molecular formula is C18H15Cl2NO3. The van der Waals surface area contributed by atoms with Crippen molar-refractivity contribution in [2.24, 2.45) is 0 Å². The van der Waals surface area contributed by atoms with Crippen LogP contribution in [-0.2, 0) is 16.0 Å². The number of benzene rings is 2. The highest BCUT2D eigenvalue weighted by Gasteiger charge is 2.31. The molecule has 2 aromatic rings. The van der Waals surface area contributed by atoms with Crippen molar-refractivity contribution in [1.29, 1.82) is 0 Å². The van der Waals surface area contributed by atoms with Gasteiger partial charge in [-0.25, -0.2) is 4.79 Å². The lowest BCUT2D eigenvalue weighted by atomic mass is 10.1. The number of anilines is 1. The van der Waals surface area contributed by atoms with Crippen LogP contribution >= 0.6 is 23.2 Å². The van der Waals surface area contributed by atoms with Gasteiger partial charge in [0.25, 0.3) is 5.91 Å². The van der Waals surface area contributed by atoms with Crippen molar-refractivity contribution in [3.05, 3.63) is 63.6 Å². The fraction of sp³-hybridized carbons (Fsp3) is 0.222. The van der Waals surface area contributed by atoms with E-state index in [-0.39, 0.29) is 34.2 Å². The number of ether oxygens (including phenoxy) is 1. The third-order valence-electron chi connectivity index (χ3n) is 3.97. The second-order valence-corrected chi connectivity index (χ2v) is 6.43. The molecule has 6 heteroatoms. The first-order valence-electron chi connectivity index (χ1n) is 7.50. The molecule has 1 heterocycles. The summed E-state index contributed by atoms with van der Waals surface area (Å²) in [5.41, 5.74) is 2.05. The first-order chi connectivity index (χ1) is 11.5. The molecule has 0 fully saturated rings. The molecule has 0 aliphatic carbocycles. The van der Waals surface area contributed by atoms with E-state index in [9.17, 15) is 9.59 Å². The van der Waals surface area contributed by atoms with Crippen LogP contribution in [0.1, 0.15) is 22.8 Å². The van der Waals surface area contributed by atoms with Gasteiger partial charge in [0.15, 0.2) is 6.61 Å². The minimum absolute atomic E-state index is 0.0255. The smallest absolute Gasteiger partial charge is 0.341 e. The SMILES string of the molecule is C[C@H]1Cc2ccccc2N1C(=O)COC(=O)c1c(Cl)cccc1Cl. The molecule has 1 aliphatic rings. The van der Waals surface area contributed by atoms with Gasteiger partial charge in [-0.3, -0.25) is 4.79 Å². The fourth-order valence-corrected chi connectivity index (χ4v) is 3.46. The maximum Gasteiger partial charge on any atom is 0.341 e. The molecule has 0 aromatic heterocycles. The van der Waals surface area contributed by atoms with E-state index in [1.165, 1.54) is 0 Å². The Labute approximate surface area is 149 Å². The van der Waals surface area contributed by atoms with Gasteiger partial charge in [-0.1, -0.05) is 47.5 Å². The number of carbonyl (C=O) groups is 2. The third kappa shape index (κ3) is 3.12. The maximum absolute atomic E-state index is 12.5. The zero-order valence-electron chi connectivity index (χ0n) is 13.0. The van der Waals surface area contributed by atoms with Crippen LogP contribution in [0.25, 0.3) is 0 Å². The van der Waals surface area contributed by atoms with Gasteiger partial charge in [0.1, 0.15) is 0 Å². The van der Waals surface area contributed by atoms with Gasteiger partial charge >= 0.3 is 5.97 Å². The van der Waals surface area contributed by atoms with E-state index in [2.05, 4.69) is 0 Å². The Kier molecular flexibility index (Phi) is 4.78. The molecule has 4 nitrogen and oxygen atoms in total. The molecule has 0 N–H and O–H groups in total. The average Bonchev–Trinajstić information content (AvgIpc) is 2.88. The van der Waals surface area contributed by atoms with Gasteiger partial charge in [-0.05, 0) is 37.1 Å². The van der Waals surface area contributed by atoms with Crippen LogP contribution in [0.3, 0.4) is 0 Å². The van der Waals surface area contributed by atoms with Crippen LogP contribution in [0.4, 0.5) is 5.69 Å². The number of esters is 1. The highest BCUT2D eigenvalue weighted by Crippen LogP contribution is 2.32. The van der Waals surface area contributed by atoms with Gasteiger partial charge in [-0.15, -0.1) is 0 Å². The normalized spacial score (nSPS) is 16.0. The summed E-state index contributed by atoms with van der Waals surface area (Å²) < 4.78 is 5.13. The van der Waals surface area contributed by atoms with Crippen molar-refractivity contribution >= 4 is 40.8 Å². The van der Waals surface area contributed by atoms with Crippen LogP contribution in [0.15, 0.2) is 42.5 Å². The average molecular weight is 364 g/mol. The highest BCUT2D eigenvalue weighted by molar-refractivity contribution is 6.39. The Morgan fingerprint density at radius 3 is 2.50 bits per heavy atom. The van der Waals surface area contributed by atoms with Gasteiger partial charge < -0.3 is 9.64 Å². The largest absolute Gasteiger partial charge is 0.452 e. The molecule has 0 saturated heterocycles. The zero-order valence-corrected chi connectivity index (χ0v) is 14.5. The Morgan fingerprint density at radius 1 is 1.12 bits per heavy atom. The van der Waals surface area contributed by atoms with E-state index in [1.807, 2.05) is 31.2 Å². The minimum atomic E-state index is -0.709. The Morgan fingerprint density at radius 2 is 1.79 bits per heavy atom. The fourth-order valence-electron chi connectivity index (χ4n) is 2.91.